The SMILES string of the molecule is CC(C)(C)C(=O)OC[C@H]1O[C@@H](n2cnc(C(N)=O)n2)[C@H](O)[C@@H]1O. The lowest BCUT2D eigenvalue weighted by atomic mass is 9.97. The second-order valence-corrected chi connectivity index (χ2v) is 6.31. The number of hydrogen-bond acceptors (Lipinski definition) is 8. The van der Waals surface area contributed by atoms with Crippen LogP contribution in [0, 0.1) is 5.41 Å². The number of esters is 1. The van der Waals surface area contributed by atoms with Crippen LogP contribution in [0.25, 0.3) is 0 Å². The van der Waals surface area contributed by atoms with Crippen molar-refractivity contribution in [3.63, 3.8) is 0 Å². The van der Waals surface area contributed by atoms with Crippen LogP contribution >= 0.6 is 0 Å². The Kier molecular flexibility index (Phi) is 4.68. The average molecular weight is 328 g/mol. The predicted molar refractivity (Wildman–Crippen MR) is 74.9 cm³/mol. The van der Waals surface area contributed by atoms with Crippen molar-refractivity contribution < 1.29 is 29.3 Å². The molecule has 1 aliphatic rings. The van der Waals surface area contributed by atoms with Gasteiger partial charge >= 0.3 is 5.97 Å². The Balaban J connectivity index is 2.03. The molecule has 0 unspecified atom stereocenters. The first kappa shape index (κ1) is 17.3. The van der Waals surface area contributed by atoms with Crippen LogP contribution in [0.5, 0.6) is 0 Å². The maximum Gasteiger partial charge on any atom is 0.311 e. The minimum Gasteiger partial charge on any atom is -0.462 e. The van der Waals surface area contributed by atoms with Crippen LogP contribution in [0.4, 0.5) is 0 Å². The first-order valence-corrected chi connectivity index (χ1v) is 7.01. The zero-order valence-electron chi connectivity index (χ0n) is 13.0. The Morgan fingerprint density at radius 1 is 1.39 bits per heavy atom. The van der Waals surface area contributed by atoms with Gasteiger partial charge in [0.05, 0.1) is 5.41 Å². The summed E-state index contributed by atoms with van der Waals surface area (Å²) in [5.74, 6) is -1.52. The van der Waals surface area contributed by atoms with Crippen LogP contribution in [0.2, 0.25) is 0 Å². The molecule has 0 aliphatic carbocycles. The monoisotopic (exact) mass is 328 g/mol. The van der Waals surface area contributed by atoms with Gasteiger partial charge in [-0.1, -0.05) is 0 Å². The zero-order chi connectivity index (χ0) is 17.4. The molecule has 2 heterocycles. The molecule has 4 N–H and O–H groups in total. The van der Waals surface area contributed by atoms with Crippen molar-refractivity contribution in [2.24, 2.45) is 11.1 Å². The van der Waals surface area contributed by atoms with Crippen molar-refractivity contribution in [1.82, 2.24) is 14.8 Å². The summed E-state index contributed by atoms with van der Waals surface area (Å²) in [5.41, 5.74) is 4.36. The molecule has 10 nitrogen and oxygen atoms in total. The van der Waals surface area contributed by atoms with Gasteiger partial charge in [0.25, 0.3) is 5.91 Å². The quantitative estimate of drug-likeness (QED) is 0.570. The summed E-state index contributed by atoms with van der Waals surface area (Å²) in [5, 5.41) is 23.8. The van der Waals surface area contributed by atoms with E-state index in [1.165, 1.54) is 0 Å². The molecule has 0 spiro atoms. The largest absolute Gasteiger partial charge is 0.462 e. The van der Waals surface area contributed by atoms with Gasteiger partial charge in [-0.15, -0.1) is 5.10 Å². The maximum absolute atomic E-state index is 11.7. The van der Waals surface area contributed by atoms with E-state index in [-0.39, 0.29) is 12.4 Å². The number of aliphatic hydroxyl groups is 2. The summed E-state index contributed by atoms with van der Waals surface area (Å²) >= 11 is 0. The molecule has 1 fully saturated rings. The molecule has 1 aromatic rings. The fourth-order valence-corrected chi connectivity index (χ4v) is 1.97. The van der Waals surface area contributed by atoms with Gasteiger partial charge in [0, 0.05) is 0 Å². The third kappa shape index (κ3) is 3.66. The summed E-state index contributed by atoms with van der Waals surface area (Å²) in [6.45, 7) is 4.86. The van der Waals surface area contributed by atoms with Crippen molar-refractivity contribution >= 4 is 11.9 Å². The highest BCUT2D eigenvalue weighted by Crippen LogP contribution is 2.29. The van der Waals surface area contributed by atoms with E-state index in [1.807, 2.05) is 0 Å². The Morgan fingerprint density at radius 2 is 2.04 bits per heavy atom. The highest BCUT2D eigenvalue weighted by atomic mass is 16.6. The summed E-state index contributed by atoms with van der Waals surface area (Å²) in [6, 6.07) is 0. The topological polar surface area (TPSA) is 150 Å². The lowest BCUT2D eigenvalue weighted by molar-refractivity contribution is -0.159. The van der Waals surface area contributed by atoms with Crippen LogP contribution in [-0.4, -0.2) is 61.8 Å². The standard InChI is InChI=1S/C13H20N4O6/c1-13(2,3)12(21)22-4-6-7(18)8(19)11(23-6)17-5-15-10(16-17)9(14)20/h5-8,11,18-19H,4H2,1-3H3,(H2,14,20)/t6-,7-,8-,11-/m1/s1. The minimum atomic E-state index is -1.32. The highest BCUT2D eigenvalue weighted by molar-refractivity contribution is 5.88. The van der Waals surface area contributed by atoms with E-state index in [4.69, 9.17) is 15.2 Å². The minimum absolute atomic E-state index is 0.220. The summed E-state index contributed by atoms with van der Waals surface area (Å²) in [4.78, 5) is 26.4. The Bertz CT molecular complexity index is 596. The smallest absolute Gasteiger partial charge is 0.311 e. The van der Waals surface area contributed by atoms with Crippen molar-refractivity contribution in [3.05, 3.63) is 12.2 Å². The van der Waals surface area contributed by atoms with E-state index in [9.17, 15) is 19.8 Å². The molecular formula is C13H20N4O6. The normalized spacial score (nSPS) is 27.9. The first-order valence-electron chi connectivity index (χ1n) is 7.01. The van der Waals surface area contributed by atoms with E-state index in [0.717, 1.165) is 11.0 Å². The van der Waals surface area contributed by atoms with E-state index in [2.05, 4.69) is 10.1 Å². The number of nitrogens with two attached hydrogens (primary N) is 1. The summed E-state index contributed by atoms with van der Waals surface area (Å²) in [6.07, 6.45) is -3.44. The van der Waals surface area contributed by atoms with Gasteiger partial charge in [-0.3, -0.25) is 9.59 Å². The van der Waals surface area contributed by atoms with Crippen LogP contribution < -0.4 is 5.73 Å². The number of aliphatic hydroxyl groups excluding tert-OH is 2. The van der Waals surface area contributed by atoms with Gasteiger partial charge < -0.3 is 25.4 Å². The lowest BCUT2D eigenvalue weighted by Gasteiger charge is -2.20. The lowest BCUT2D eigenvalue weighted by Crippen LogP contribution is -2.35. The fraction of sp³-hybridized carbons (Fsp3) is 0.692. The fourth-order valence-electron chi connectivity index (χ4n) is 1.97. The first-order chi connectivity index (χ1) is 10.6. The molecular weight excluding hydrogens is 308 g/mol. The summed E-state index contributed by atoms with van der Waals surface area (Å²) < 4.78 is 11.6. The number of carbonyl (C=O) groups excluding carboxylic acids is 2. The molecule has 0 aromatic carbocycles. The molecule has 23 heavy (non-hydrogen) atoms. The Morgan fingerprint density at radius 3 is 2.57 bits per heavy atom. The van der Waals surface area contributed by atoms with Crippen LogP contribution in [0.1, 0.15) is 37.6 Å². The molecule has 4 atom stereocenters. The molecule has 1 saturated heterocycles. The Hall–Kier alpha value is -2.04. The molecule has 2 rings (SSSR count). The number of ether oxygens (including phenoxy) is 2. The van der Waals surface area contributed by atoms with Gasteiger partial charge in [-0.2, -0.15) is 0 Å². The number of rotatable bonds is 4. The molecule has 0 bridgehead atoms. The van der Waals surface area contributed by atoms with Gasteiger partial charge in [-0.25, -0.2) is 9.67 Å². The molecule has 128 valence electrons. The van der Waals surface area contributed by atoms with Gasteiger partial charge in [0.1, 0.15) is 31.2 Å². The molecule has 1 aromatic heterocycles. The van der Waals surface area contributed by atoms with Crippen molar-refractivity contribution in [3.8, 4) is 0 Å². The highest BCUT2D eigenvalue weighted by Gasteiger charge is 2.45. The van der Waals surface area contributed by atoms with Gasteiger partial charge in [-0.05, 0) is 20.8 Å². The van der Waals surface area contributed by atoms with Crippen molar-refractivity contribution in [1.29, 1.82) is 0 Å². The Labute approximate surface area is 132 Å². The molecule has 1 amide bonds. The average Bonchev–Trinajstić information content (AvgIpc) is 3.03. The van der Waals surface area contributed by atoms with Gasteiger partial charge in [0.15, 0.2) is 6.23 Å². The van der Waals surface area contributed by atoms with Crippen LogP contribution in [-0.2, 0) is 14.3 Å². The van der Waals surface area contributed by atoms with E-state index in [1.54, 1.807) is 20.8 Å². The maximum atomic E-state index is 11.7. The zero-order valence-corrected chi connectivity index (χ0v) is 13.0. The number of aromatic nitrogens is 3. The third-order valence-corrected chi connectivity index (χ3v) is 3.32. The van der Waals surface area contributed by atoms with Crippen molar-refractivity contribution in [2.75, 3.05) is 6.61 Å². The number of primary amides is 1. The number of hydrogen-bond donors (Lipinski definition) is 3. The molecule has 0 radical (unpaired) electrons. The molecule has 0 saturated carbocycles. The van der Waals surface area contributed by atoms with E-state index in [0.29, 0.717) is 0 Å². The second-order valence-electron chi connectivity index (χ2n) is 6.31. The van der Waals surface area contributed by atoms with E-state index >= 15 is 0 Å². The molecule has 10 heteroatoms. The summed E-state index contributed by atoms with van der Waals surface area (Å²) in [7, 11) is 0. The van der Waals surface area contributed by atoms with Crippen LogP contribution in [0.3, 0.4) is 0 Å². The third-order valence-electron chi connectivity index (χ3n) is 3.32. The molecule has 1 aliphatic heterocycles. The predicted octanol–water partition coefficient (Wildman–Crippen LogP) is -1.41. The van der Waals surface area contributed by atoms with Crippen LogP contribution in [0.15, 0.2) is 6.33 Å². The number of carbonyl (C=O) groups is 2. The van der Waals surface area contributed by atoms with Gasteiger partial charge in [0.2, 0.25) is 5.82 Å². The number of nitrogens with zero attached hydrogens (tertiary/aromatic N) is 3. The second kappa shape index (κ2) is 6.22. The van der Waals surface area contributed by atoms with E-state index < -0.39 is 41.8 Å². The number of amides is 1. The van der Waals surface area contributed by atoms with Crippen molar-refractivity contribution in [2.45, 2.75) is 45.3 Å².